The Kier molecular flexibility index (Phi) is 6.56. The topological polar surface area (TPSA) is 58.8 Å². The quantitative estimate of drug-likeness (QED) is 0.479. The molecule has 3 heterocycles. The van der Waals surface area contributed by atoms with Crippen LogP contribution in [0.2, 0.25) is 5.02 Å². The van der Waals surface area contributed by atoms with Gasteiger partial charge in [-0.15, -0.1) is 0 Å². The number of hydrogen-bond donors (Lipinski definition) is 0. The van der Waals surface area contributed by atoms with Crippen LogP contribution in [-0.2, 0) is 4.74 Å². The van der Waals surface area contributed by atoms with Crippen molar-refractivity contribution in [2.24, 2.45) is 0 Å². The van der Waals surface area contributed by atoms with Gasteiger partial charge in [0, 0.05) is 26.2 Å². The molecule has 1 amide bonds. The van der Waals surface area contributed by atoms with Gasteiger partial charge in [0.05, 0.1) is 28.5 Å². The Morgan fingerprint density at radius 3 is 2.79 bits per heavy atom. The lowest BCUT2D eigenvalue weighted by atomic mass is 10.2. The number of carbonyl (C=O) groups excluding carboxylic acids is 1. The number of hydrogen-bond acceptors (Lipinski definition) is 6. The minimum absolute atomic E-state index is 0.203. The minimum Gasteiger partial charge on any atom is -0.444 e. The Labute approximate surface area is 186 Å². The molecule has 0 bridgehead atoms. The summed E-state index contributed by atoms with van der Waals surface area (Å²) in [6.07, 6.45) is 0.830. The van der Waals surface area contributed by atoms with Gasteiger partial charge in [-0.2, -0.15) is 0 Å². The molecule has 2 aromatic heterocycles. The Bertz CT molecular complexity index is 977. The predicted molar refractivity (Wildman–Crippen MR) is 119 cm³/mol. The van der Waals surface area contributed by atoms with Gasteiger partial charge in [0.15, 0.2) is 15.6 Å². The molecule has 154 valence electrons. The molecule has 0 saturated carbocycles. The van der Waals surface area contributed by atoms with E-state index in [9.17, 15) is 4.79 Å². The molecule has 9 heteroatoms. The summed E-state index contributed by atoms with van der Waals surface area (Å²) < 4.78 is 12.3. The number of ether oxygens (including phenoxy) is 1. The van der Waals surface area contributed by atoms with E-state index in [2.05, 4.69) is 20.8 Å². The Morgan fingerprint density at radius 2 is 2.10 bits per heavy atom. The van der Waals surface area contributed by atoms with Gasteiger partial charge in [-0.05, 0) is 53.0 Å². The van der Waals surface area contributed by atoms with Crippen LogP contribution >= 0.6 is 38.9 Å². The zero-order valence-electron chi connectivity index (χ0n) is 16.0. The van der Waals surface area contributed by atoms with Gasteiger partial charge in [0.1, 0.15) is 0 Å². The van der Waals surface area contributed by atoms with Crippen LogP contribution in [0, 0.1) is 6.92 Å². The summed E-state index contributed by atoms with van der Waals surface area (Å²) in [4.78, 5) is 22.0. The molecule has 1 saturated heterocycles. The molecule has 0 spiro atoms. The van der Waals surface area contributed by atoms with Crippen LogP contribution < -0.4 is 4.90 Å². The van der Waals surface area contributed by atoms with Gasteiger partial charge in [-0.25, -0.2) is 4.98 Å². The number of halogens is 2. The summed E-state index contributed by atoms with van der Waals surface area (Å²) in [6.45, 7) is 6.82. The van der Waals surface area contributed by atoms with Crippen LogP contribution in [0.4, 0.5) is 5.13 Å². The number of rotatable bonds is 6. The summed E-state index contributed by atoms with van der Waals surface area (Å²) in [5, 5.41) is 1.28. The molecule has 0 aliphatic carbocycles. The number of amides is 1. The highest BCUT2D eigenvalue weighted by Crippen LogP contribution is 2.36. The molecule has 0 N–H and O–H groups in total. The van der Waals surface area contributed by atoms with Gasteiger partial charge in [0.2, 0.25) is 0 Å². The van der Waals surface area contributed by atoms with Gasteiger partial charge >= 0.3 is 0 Å². The zero-order chi connectivity index (χ0) is 20.4. The monoisotopic (exact) mass is 497 g/mol. The molecule has 4 rings (SSSR count). The molecular formula is C20H21BrClN3O3S. The molecular weight excluding hydrogens is 478 g/mol. The van der Waals surface area contributed by atoms with E-state index in [1.54, 1.807) is 17.0 Å². The number of carbonyl (C=O) groups is 1. The van der Waals surface area contributed by atoms with Gasteiger partial charge in [-0.1, -0.05) is 29.0 Å². The smallest absolute Gasteiger partial charge is 0.295 e. The second-order valence-corrected chi connectivity index (χ2v) is 9.07. The number of furan rings is 1. The van der Waals surface area contributed by atoms with Crippen LogP contribution in [0.5, 0.6) is 0 Å². The highest BCUT2D eigenvalue weighted by molar-refractivity contribution is 9.10. The van der Waals surface area contributed by atoms with Crippen molar-refractivity contribution < 1.29 is 13.9 Å². The number of anilines is 1. The fraction of sp³-hybridized carbons (Fsp3) is 0.400. The molecule has 6 nitrogen and oxygen atoms in total. The summed E-state index contributed by atoms with van der Waals surface area (Å²) in [5.74, 6) is 0.0795. The molecule has 1 aromatic carbocycles. The van der Waals surface area contributed by atoms with Crippen LogP contribution in [-0.4, -0.2) is 55.2 Å². The number of aryl methyl sites for hydroxylation is 1. The van der Waals surface area contributed by atoms with Crippen LogP contribution in [0.3, 0.4) is 0 Å². The summed E-state index contributed by atoms with van der Waals surface area (Å²) >= 11 is 11.1. The molecule has 3 aromatic rings. The number of fused-ring (bicyclic) bond motifs is 1. The maximum atomic E-state index is 13.2. The highest BCUT2D eigenvalue weighted by Gasteiger charge is 2.25. The van der Waals surface area contributed by atoms with E-state index in [0.29, 0.717) is 21.4 Å². The summed E-state index contributed by atoms with van der Waals surface area (Å²) in [7, 11) is 0. The van der Waals surface area contributed by atoms with Gasteiger partial charge in [-0.3, -0.25) is 14.6 Å². The van der Waals surface area contributed by atoms with Crippen molar-refractivity contribution in [3.63, 3.8) is 0 Å². The van der Waals surface area contributed by atoms with Crippen molar-refractivity contribution in [3.8, 4) is 0 Å². The number of aromatic nitrogens is 1. The van der Waals surface area contributed by atoms with Gasteiger partial charge < -0.3 is 9.15 Å². The average molecular weight is 499 g/mol. The molecule has 29 heavy (non-hydrogen) atoms. The molecule has 1 aliphatic heterocycles. The SMILES string of the molecule is Cc1ccc(Cl)c2sc(N(CCCN3CCOCC3)C(=O)c3ccc(Br)o3)nc12. The van der Waals surface area contributed by atoms with E-state index >= 15 is 0 Å². The maximum absolute atomic E-state index is 13.2. The Hall–Kier alpha value is -1.45. The number of benzene rings is 1. The second kappa shape index (κ2) is 9.14. The van der Waals surface area contributed by atoms with E-state index in [-0.39, 0.29) is 11.7 Å². The van der Waals surface area contributed by atoms with E-state index in [4.69, 9.17) is 25.7 Å². The third-order valence-corrected chi connectivity index (χ3v) is 6.87. The van der Waals surface area contributed by atoms with Crippen LogP contribution in [0.25, 0.3) is 10.2 Å². The summed E-state index contributed by atoms with van der Waals surface area (Å²) in [5.41, 5.74) is 1.87. The van der Waals surface area contributed by atoms with E-state index in [1.165, 1.54) is 11.3 Å². The fourth-order valence-electron chi connectivity index (χ4n) is 3.33. The lowest BCUT2D eigenvalue weighted by molar-refractivity contribution is 0.0376. The fourth-order valence-corrected chi connectivity index (χ4v) is 4.98. The first-order chi connectivity index (χ1) is 14.0. The lowest BCUT2D eigenvalue weighted by Crippen LogP contribution is -2.39. The first-order valence-corrected chi connectivity index (χ1v) is 11.4. The van der Waals surface area contributed by atoms with Crippen molar-refractivity contribution in [3.05, 3.63) is 45.3 Å². The third kappa shape index (κ3) is 4.67. The minimum atomic E-state index is -0.203. The average Bonchev–Trinajstić information content (AvgIpc) is 3.36. The highest BCUT2D eigenvalue weighted by atomic mass is 79.9. The van der Waals surface area contributed by atoms with Crippen molar-refractivity contribution in [1.82, 2.24) is 9.88 Å². The van der Waals surface area contributed by atoms with E-state index in [1.807, 2.05) is 19.1 Å². The van der Waals surface area contributed by atoms with E-state index in [0.717, 1.165) is 55.0 Å². The van der Waals surface area contributed by atoms with Crippen molar-refractivity contribution >= 4 is 60.1 Å². The maximum Gasteiger partial charge on any atom is 0.295 e. The van der Waals surface area contributed by atoms with Crippen molar-refractivity contribution in [1.29, 1.82) is 0 Å². The van der Waals surface area contributed by atoms with Crippen molar-refractivity contribution in [2.75, 3.05) is 44.3 Å². The first-order valence-electron chi connectivity index (χ1n) is 9.46. The Morgan fingerprint density at radius 1 is 1.31 bits per heavy atom. The normalized spacial score (nSPS) is 15.1. The third-order valence-electron chi connectivity index (χ3n) is 4.91. The van der Waals surface area contributed by atoms with Gasteiger partial charge in [0.25, 0.3) is 5.91 Å². The molecule has 0 atom stereocenters. The molecule has 1 fully saturated rings. The second-order valence-electron chi connectivity index (χ2n) is 6.91. The molecule has 0 unspecified atom stereocenters. The number of nitrogens with zero attached hydrogens (tertiary/aromatic N) is 3. The van der Waals surface area contributed by atoms with Crippen molar-refractivity contribution in [2.45, 2.75) is 13.3 Å². The van der Waals surface area contributed by atoms with Crippen LogP contribution in [0.1, 0.15) is 22.5 Å². The standard InChI is InChI=1S/C20H21BrClN3O3S/c1-13-3-4-14(22)18-17(13)23-20(29-18)25(19(26)15-5-6-16(21)28-15)8-2-7-24-9-11-27-12-10-24/h3-6H,2,7-12H2,1H3. The predicted octanol–water partition coefficient (Wildman–Crippen LogP) is 4.98. The molecule has 0 radical (unpaired) electrons. The number of thiazole rings is 1. The Balaban J connectivity index is 1.59. The van der Waals surface area contributed by atoms with E-state index < -0.39 is 0 Å². The van der Waals surface area contributed by atoms with Crippen LogP contribution in [0.15, 0.2) is 33.4 Å². The lowest BCUT2D eigenvalue weighted by Gasteiger charge is -2.27. The summed E-state index contributed by atoms with van der Waals surface area (Å²) in [6, 6.07) is 7.21. The number of morpholine rings is 1. The first kappa shape index (κ1) is 20.8. The molecule has 1 aliphatic rings. The zero-order valence-corrected chi connectivity index (χ0v) is 19.1. The largest absolute Gasteiger partial charge is 0.444 e.